The first-order valence-corrected chi connectivity index (χ1v) is 6.65. The Hall–Kier alpha value is -0.0800. The van der Waals surface area contributed by atoms with Gasteiger partial charge in [-0.1, -0.05) is 6.92 Å². The maximum atomic E-state index is 2.70. The molecule has 0 aromatic carbocycles. The van der Waals surface area contributed by atoms with E-state index in [0.29, 0.717) is 0 Å². The molecule has 2 heteroatoms. The Morgan fingerprint density at radius 3 is 2.13 bits per heavy atom. The molecular formula is C13H26N2. The van der Waals surface area contributed by atoms with Crippen molar-refractivity contribution in [3.05, 3.63) is 0 Å². The van der Waals surface area contributed by atoms with Gasteiger partial charge in [0.25, 0.3) is 0 Å². The lowest BCUT2D eigenvalue weighted by Gasteiger charge is -2.36. The van der Waals surface area contributed by atoms with E-state index < -0.39 is 0 Å². The molecule has 2 aliphatic rings. The predicted molar refractivity (Wildman–Crippen MR) is 65.1 cm³/mol. The van der Waals surface area contributed by atoms with E-state index in [1.54, 1.807) is 0 Å². The van der Waals surface area contributed by atoms with E-state index in [2.05, 4.69) is 23.8 Å². The van der Waals surface area contributed by atoms with Crippen LogP contribution in [0.25, 0.3) is 0 Å². The van der Waals surface area contributed by atoms with Crippen LogP contribution >= 0.6 is 0 Å². The van der Waals surface area contributed by atoms with Crippen molar-refractivity contribution in [3.8, 4) is 0 Å². The second kappa shape index (κ2) is 5.31. The summed E-state index contributed by atoms with van der Waals surface area (Å²) in [5, 5.41) is 0. The molecule has 2 rings (SSSR count). The Morgan fingerprint density at radius 1 is 0.933 bits per heavy atom. The standard InChI is InChI=1S/C13H26N2/c1-12-3-9-15(10-4-12)11-13-5-7-14(2)8-6-13/h12-13H,3-11H2,1-2H3. The zero-order valence-corrected chi connectivity index (χ0v) is 10.4. The molecule has 0 amide bonds. The molecule has 2 aliphatic heterocycles. The van der Waals surface area contributed by atoms with E-state index in [4.69, 9.17) is 0 Å². The minimum atomic E-state index is 0.971. The molecule has 0 aromatic rings. The number of hydrogen-bond acceptors (Lipinski definition) is 2. The number of nitrogens with zero attached hydrogens (tertiary/aromatic N) is 2. The molecule has 2 saturated heterocycles. The third-order valence-corrected chi connectivity index (χ3v) is 4.23. The van der Waals surface area contributed by atoms with E-state index in [1.807, 2.05) is 0 Å². The Morgan fingerprint density at radius 2 is 1.53 bits per heavy atom. The summed E-state index contributed by atoms with van der Waals surface area (Å²) in [6.45, 7) is 9.11. The molecule has 0 N–H and O–H groups in total. The molecule has 2 heterocycles. The Balaban J connectivity index is 1.68. The van der Waals surface area contributed by atoms with Crippen LogP contribution in [0.4, 0.5) is 0 Å². The normalized spacial score (nSPS) is 28.4. The Bertz CT molecular complexity index is 157. The van der Waals surface area contributed by atoms with Crippen molar-refractivity contribution in [2.45, 2.75) is 32.6 Å². The fraction of sp³-hybridized carbons (Fsp3) is 1.00. The van der Waals surface area contributed by atoms with Gasteiger partial charge in [0.1, 0.15) is 0 Å². The van der Waals surface area contributed by atoms with Gasteiger partial charge in [0.15, 0.2) is 0 Å². The maximum absolute atomic E-state index is 2.70. The third-order valence-electron chi connectivity index (χ3n) is 4.23. The minimum Gasteiger partial charge on any atom is -0.306 e. The van der Waals surface area contributed by atoms with Gasteiger partial charge in [-0.3, -0.25) is 0 Å². The summed E-state index contributed by atoms with van der Waals surface area (Å²) in [4.78, 5) is 5.17. The van der Waals surface area contributed by atoms with Crippen molar-refractivity contribution in [1.29, 1.82) is 0 Å². The van der Waals surface area contributed by atoms with Crippen LogP contribution in [0.15, 0.2) is 0 Å². The Labute approximate surface area is 94.6 Å². The quantitative estimate of drug-likeness (QED) is 0.688. The van der Waals surface area contributed by atoms with Crippen molar-refractivity contribution < 1.29 is 0 Å². The van der Waals surface area contributed by atoms with E-state index in [-0.39, 0.29) is 0 Å². The molecule has 0 radical (unpaired) electrons. The van der Waals surface area contributed by atoms with Crippen molar-refractivity contribution in [2.24, 2.45) is 11.8 Å². The summed E-state index contributed by atoms with van der Waals surface area (Å²) in [7, 11) is 2.25. The molecule has 15 heavy (non-hydrogen) atoms. The monoisotopic (exact) mass is 210 g/mol. The van der Waals surface area contributed by atoms with Crippen LogP contribution in [0.1, 0.15) is 32.6 Å². The minimum absolute atomic E-state index is 0.971. The van der Waals surface area contributed by atoms with E-state index in [0.717, 1.165) is 11.8 Å². The highest BCUT2D eigenvalue weighted by atomic mass is 15.1. The highest BCUT2D eigenvalue weighted by Gasteiger charge is 2.21. The van der Waals surface area contributed by atoms with E-state index >= 15 is 0 Å². The van der Waals surface area contributed by atoms with Crippen molar-refractivity contribution in [2.75, 3.05) is 39.8 Å². The lowest BCUT2D eigenvalue weighted by molar-refractivity contribution is 0.130. The average molecular weight is 210 g/mol. The molecule has 2 nitrogen and oxygen atoms in total. The van der Waals surface area contributed by atoms with Gasteiger partial charge >= 0.3 is 0 Å². The van der Waals surface area contributed by atoms with Gasteiger partial charge in [0.05, 0.1) is 0 Å². The van der Waals surface area contributed by atoms with Gasteiger partial charge in [-0.2, -0.15) is 0 Å². The fourth-order valence-electron chi connectivity index (χ4n) is 2.85. The molecule has 0 unspecified atom stereocenters. The van der Waals surface area contributed by atoms with Gasteiger partial charge in [-0.05, 0) is 70.7 Å². The van der Waals surface area contributed by atoms with Crippen LogP contribution in [-0.4, -0.2) is 49.6 Å². The molecular weight excluding hydrogens is 184 g/mol. The summed E-state index contributed by atoms with van der Waals surface area (Å²) in [6.07, 6.45) is 5.68. The highest BCUT2D eigenvalue weighted by molar-refractivity contribution is 4.76. The first-order valence-electron chi connectivity index (χ1n) is 6.65. The van der Waals surface area contributed by atoms with Gasteiger partial charge in [-0.25, -0.2) is 0 Å². The van der Waals surface area contributed by atoms with Crippen LogP contribution in [-0.2, 0) is 0 Å². The predicted octanol–water partition coefficient (Wildman–Crippen LogP) is 2.06. The molecule has 0 aromatic heterocycles. The maximum Gasteiger partial charge on any atom is 0.00106 e. The third kappa shape index (κ3) is 3.46. The number of likely N-dealkylation sites (tertiary alicyclic amines) is 2. The summed E-state index contributed by atoms with van der Waals surface area (Å²) >= 11 is 0. The molecule has 88 valence electrons. The van der Waals surface area contributed by atoms with Gasteiger partial charge in [0, 0.05) is 6.54 Å². The highest BCUT2D eigenvalue weighted by Crippen LogP contribution is 2.21. The summed E-state index contributed by atoms with van der Waals surface area (Å²) < 4.78 is 0. The summed E-state index contributed by atoms with van der Waals surface area (Å²) in [5.41, 5.74) is 0. The topological polar surface area (TPSA) is 6.48 Å². The van der Waals surface area contributed by atoms with E-state index in [9.17, 15) is 0 Å². The lowest BCUT2D eigenvalue weighted by atomic mass is 9.94. The van der Waals surface area contributed by atoms with Crippen LogP contribution in [0, 0.1) is 11.8 Å². The number of hydrogen-bond donors (Lipinski definition) is 0. The zero-order chi connectivity index (χ0) is 10.7. The second-order valence-electron chi connectivity index (χ2n) is 5.73. The average Bonchev–Trinajstić information content (AvgIpc) is 2.25. The molecule has 0 atom stereocenters. The number of piperidine rings is 2. The van der Waals surface area contributed by atoms with Crippen LogP contribution in [0.3, 0.4) is 0 Å². The molecule has 2 fully saturated rings. The van der Waals surface area contributed by atoms with Crippen molar-refractivity contribution in [3.63, 3.8) is 0 Å². The first kappa shape index (κ1) is 11.4. The SMILES string of the molecule is CC1CCN(CC2CCN(C)CC2)CC1. The zero-order valence-electron chi connectivity index (χ0n) is 10.4. The van der Waals surface area contributed by atoms with Crippen LogP contribution < -0.4 is 0 Å². The summed E-state index contributed by atoms with van der Waals surface area (Å²) in [5.74, 6) is 1.95. The molecule has 0 bridgehead atoms. The lowest BCUT2D eigenvalue weighted by Crippen LogP contribution is -2.40. The van der Waals surface area contributed by atoms with Crippen LogP contribution in [0.2, 0.25) is 0 Å². The fourth-order valence-corrected chi connectivity index (χ4v) is 2.85. The van der Waals surface area contributed by atoms with Gasteiger partial charge in [-0.15, -0.1) is 0 Å². The smallest absolute Gasteiger partial charge is 0.00106 e. The second-order valence-corrected chi connectivity index (χ2v) is 5.73. The van der Waals surface area contributed by atoms with Crippen molar-refractivity contribution in [1.82, 2.24) is 9.80 Å². The van der Waals surface area contributed by atoms with Crippen LogP contribution in [0.5, 0.6) is 0 Å². The van der Waals surface area contributed by atoms with E-state index in [1.165, 1.54) is 58.4 Å². The Kier molecular flexibility index (Phi) is 4.04. The largest absolute Gasteiger partial charge is 0.306 e. The number of rotatable bonds is 2. The van der Waals surface area contributed by atoms with Crippen molar-refractivity contribution >= 4 is 0 Å². The summed E-state index contributed by atoms with van der Waals surface area (Å²) in [6, 6.07) is 0. The van der Waals surface area contributed by atoms with Gasteiger partial charge in [0.2, 0.25) is 0 Å². The molecule has 0 aliphatic carbocycles. The first-order chi connectivity index (χ1) is 7.24. The van der Waals surface area contributed by atoms with Gasteiger partial charge < -0.3 is 9.80 Å². The molecule has 0 spiro atoms. The molecule has 0 saturated carbocycles.